The number of aromatic nitrogens is 3. The lowest BCUT2D eigenvalue weighted by Gasteiger charge is -1.93. The Kier molecular flexibility index (Phi) is 4.10. The average molecular weight is 297 g/mol. The second-order valence-corrected chi connectivity index (χ2v) is 4.79. The van der Waals surface area contributed by atoms with Crippen molar-refractivity contribution in [2.45, 2.75) is 19.5 Å². The minimum atomic E-state index is -0.590. The number of imidazole rings is 1. The highest BCUT2D eigenvalue weighted by molar-refractivity contribution is 5.40. The maximum atomic E-state index is 13.1. The Balaban J connectivity index is 1.66. The van der Waals surface area contributed by atoms with Gasteiger partial charge in [-0.3, -0.25) is 0 Å². The molecule has 3 heterocycles. The van der Waals surface area contributed by atoms with Crippen molar-refractivity contribution in [1.82, 2.24) is 14.4 Å². The molecule has 3 aromatic rings. The third-order valence-corrected chi connectivity index (χ3v) is 3.13. The number of aryl methyl sites for hydroxylation is 1. The van der Waals surface area contributed by atoms with Crippen LogP contribution in [0.2, 0.25) is 0 Å². The van der Waals surface area contributed by atoms with E-state index in [-0.39, 0.29) is 5.82 Å². The summed E-state index contributed by atoms with van der Waals surface area (Å²) in [5.41, 5.74) is 2.51. The summed E-state index contributed by atoms with van der Waals surface area (Å²) in [5.74, 6) is 5.61. The second kappa shape index (κ2) is 6.35. The first-order valence-corrected chi connectivity index (χ1v) is 6.88. The zero-order valence-electron chi connectivity index (χ0n) is 11.8. The summed E-state index contributed by atoms with van der Waals surface area (Å²) in [6, 6.07) is 8.13. The number of rotatable bonds is 3. The van der Waals surface area contributed by atoms with Crippen LogP contribution in [0.15, 0.2) is 42.7 Å². The summed E-state index contributed by atoms with van der Waals surface area (Å²) in [6.07, 6.45) is 4.46. The van der Waals surface area contributed by atoms with E-state index in [1.54, 1.807) is 34.9 Å². The van der Waals surface area contributed by atoms with Gasteiger partial charge in [-0.05, 0) is 30.2 Å². The molecule has 0 N–H and O–H groups in total. The predicted octanol–water partition coefficient (Wildman–Crippen LogP) is 3.32. The number of hydrogen-bond donors (Lipinski definition) is 0. The largest absolute Gasteiger partial charge is 0.304 e. The number of nitrogens with zero attached hydrogens (tertiary/aromatic N) is 3. The van der Waals surface area contributed by atoms with Crippen LogP contribution < -0.4 is 0 Å². The molecule has 0 aliphatic heterocycles. The molecule has 0 fully saturated rings. The summed E-state index contributed by atoms with van der Waals surface area (Å²) < 4.78 is 27.3. The van der Waals surface area contributed by atoms with Gasteiger partial charge in [-0.25, -0.2) is 18.7 Å². The van der Waals surface area contributed by atoms with Crippen molar-refractivity contribution in [2.24, 2.45) is 0 Å². The molecule has 5 heteroatoms. The lowest BCUT2D eigenvalue weighted by atomic mass is 10.2. The molecule has 0 bridgehead atoms. The summed E-state index contributed by atoms with van der Waals surface area (Å²) in [7, 11) is 0. The Morgan fingerprint density at radius 1 is 1.05 bits per heavy atom. The van der Waals surface area contributed by atoms with Gasteiger partial charge in [0, 0.05) is 25.2 Å². The Morgan fingerprint density at radius 3 is 2.82 bits per heavy atom. The van der Waals surface area contributed by atoms with Crippen molar-refractivity contribution >= 4 is 5.65 Å². The van der Waals surface area contributed by atoms with Crippen LogP contribution in [0.3, 0.4) is 0 Å². The highest BCUT2D eigenvalue weighted by Crippen LogP contribution is 2.08. The van der Waals surface area contributed by atoms with E-state index in [0.717, 1.165) is 5.69 Å². The predicted molar refractivity (Wildman–Crippen MR) is 79.4 cm³/mol. The number of fused-ring (bicyclic) bond motifs is 1. The van der Waals surface area contributed by atoms with Gasteiger partial charge in [0.15, 0.2) is 0 Å². The second-order valence-electron chi connectivity index (χ2n) is 4.79. The fraction of sp³-hybridized carbons (Fsp3) is 0.176. The third-order valence-electron chi connectivity index (χ3n) is 3.13. The van der Waals surface area contributed by atoms with Crippen molar-refractivity contribution in [3.05, 3.63) is 65.6 Å². The maximum Gasteiger partial charge on any atom is 0.139 e. The molecular formula is C17H13F2N3. The lowest BCUT2D eigenvalue weighted by Crippen LogP contribution is -1.89. The van der Waals surface area contributed by atoms with Gasteiger partial charge < -0.3 is 4.40 Å². The lowest BCUT2D eigenvalue weighted by molar-refractivity contribution is 0.476. The Bertz CT molecular complexity index is 859. The molecular weight excluding hydrogens is 284 g/mol. The molecule has 3 aromatic heterocycles. The van der Waals surface area contributed by atoms with Crippen molar-refractivity contribution in [3.63, 3.8) is 0 Å². The highest BCUT2D eigenvalue weighted by atomic mass is 19.1. The maximum absolute atomic E-state index is 13.1. The van der Waals surface area contributed by atoms with Crippen LogP contribution in [0.5, 0.6) is 0 Å². The molecule has 0 aliphatic rings. The van der Waals surface area contributed by atoms with E-state index in [1.807, 2.05) is 0 Å². The topological polar surface area (TPSA) is 30.2 Å². The average Bonchev–Trinajstić information content (AvgIpc) is 2.93. The van der Waals surface area contributed by atoms with Crippen LogP contribution in [0.4, 0.5) is 8.78 Å². The van der Waals surface area contributed by atoms with Gasteiger partial charge in [0.25, 0.3) is 0 Å². The first kappa shape index (κ1) is 14.2. The van der Waals surface area contributed by atoms with Gasteiger partial charge in [-0.2, -0.15) is 0 Å². The molecule has 0 spiro atoms. The van der Waals surface area contributed by atoms with Crippen LogP contribution in [-0.4, -0.2) is 14.4 Å². The van der Waals surface area contributed by atoms with Crippen LogP contribution in [0.25, 0.3) is 5.65 Å². The van der Waals surface area contributed by atoms with Crippen molar-refractivity contribution < 1.29 is 8.78 Å². The molecule has 110 valence electrons. The van der Waals surface area contributed by atoms with E-state index in [4.69, 9.17) is 0 Å². The minimum absolute atomic E-state index is 0.296. The van der Waals surface area contributed by atoms with E-state index in [1.165, 1.54) is 12.3 Å². The van der Waals surface area contributed by atoms with Crippen LogP contribution in [0.1, 0.15) is 23.5 Å². The Labute approximate surface area is 126 Å². The Morgan fingerprint density at radius 2 is 1.95 bits per heavy atom. The van der Waals surface area contributed by atoms with Crippen molar-refractivity contribution in [2.75, 3.05) is 0 Å². The summed E-state index contributed by atoms with van der Waals surface area (Å²) in [6.45, 7) is -0.590. The standard InChI is InChI=1S/C17H13F2N3/c18-10-15-7-3-6-14(20-15)4-1-2-5-16-12-22-11-13(19)8-9-17(22)21-16/h3,6-9,11-12H,2,5,10H2. The fourth-order valence-corrected chi connectivity index (χ4v) is 2.10. The van der Waals surface area contributed by atoms with Crippen molar-refractivity contribution in [1.29, 1.82) is 0 Å². The Hall–Kier alpha value is -2.74. The zero-order valence-corrected chi connectivity index (χ0v) is 11.8. The fourth-order valence-electron chi connectivity index (χ4n) is 2.10. The van der Waals surface area contributed by atoms with Crippen LogP contribution in [0, 0.1) is 17.7 Å². The van der Waals surface area contributed by atoms with Crippen molar-refractivity contribution in [3.8, 4) is 11.8 Å². The van der Waals surface area contributed by atoms with Gasteiger partial charge in [-0.15, -0.1) is 0 Å². The summed E-state index contributed by atoms with van der Waals surface area (Å²) in [4.78, 5) is 8.46. The number of alkyl halides is 1. The summed E-state index contributed by atoms with van der Waals surface area (Å²) in [5, 5.41) is 0. The normalized spacial score (nSPS) is 10.5. The molecule has 3 nitrogen and oxygen atoms in total. The molecule has 0 aromatic carbocycles. The smallest absolute Gasteiger partial charge is 0.139 e. The molecule has 0 unspecified atom stereocenters. The monoisotopic (exact) mass is 297 g/mol. The zero-order chi connectivity index (χ0) is 15.4. The van der Waals surface area contributed by atoms with E-state index in [0.29, 0.717) is 29.9 Å². The molecule has 0 amide bonds. The highest BCUT2D eigenvalue weighted by Gasteiger charge is 2.01. The first-order chi connectivity index (χ1) is 10.7. The number of halogens is 2. The van der Waals surface area contributed by atoms with Crippen LogP contribution in [-0.2, 0) is 13.1 Å². The van der Waals surface area contributed by atoms with Gasteiger partial charge >= 0.3 is 0 Å². The molecule has 0 saturated carbocycles. The van der Waals surface area contributed by atoms with Gasteiger partial charge in [0.05, 0.1) is 11.4 Å². The van der Waals surface area contributed by atoms with Gasteiger partial charge in [0.1, 0.15) is 23.8 Å². The molecule has 3 rings (SSSR count). The molecule has 0 radical (unpaired) electrons. The van der Waals surface area contributed by atoms with Gasteiger partial charge in [0.2, 0.25) is 0 Å². The van der Waals surface area contributed by atoms with E-state index in [2.05, 4.69) is 21.8 Å². The van der Waals surface area contributed by atoms with E-state index >= 15 is 0 Å². The number of pyridine rings is 2. The summed E-state index contributed by atoms with van der Waals surface area (Å²) >= 11 is 0. The molecule has 0 aliphatic carbocycles. The van der Waals surface area contributed by atoms with Crippen LogP contribution >= 0.6 is 0 Å². The minimum Gasteiger partial charge on any atom is -0.304 e. The van der Waals surface area contributed by atoms with E-state index in [9.17, 15) is 8.78 Å². The first-order valence-electron chi connectivity index (χ1n) is 6.88. The van der Waals surface area contributed by atoms with E-state index < -0.39 is 6.67 Å². The molecule has 0 atom stereocenters. The third kappa shape index (κ3) is 3.29. The van der Waals surface area contributed by atoms with Gasteiger partial charge in [-0.1, -0.05) is 12.0 Å². The molecule has 22 heavy (non-hydrogen) atoms. The number of hydrogen-bond acceptors (Lipinski definition) is 2. The quantitative estimate of drug-likeness (QED) is 0.694. The SMILES string of the molecule is FCc1cccc(C#CCCc2cn3cc(F)ccc3n2)n1. The molecule has 0 saturated heterocycles.